The van der Waals surface area contributed by atoms with Gasteiger partial charge in [0.15, 0.2) is 11.5 Å². The summed E-state index contributed by atoms with van der Waals surface area (Å²) in [5, 5.41) is 8.71. The van der Waals surface area contributed by atoms with Gasteiger partial charge >= 0.3 is 0 Å². The van der Waals surface area contributed by atoms with E-state index in [1.807, 2.05) is 50.4 Å². The predicted octanol–water partition coefficient (Wildman–Crippen LogP) is 2.08. The van der Waals surface area contributed by atoms with Gasteiger partial charge in [-0.05, 0) is 36.8 Å². The number of aromatic nitrogens is 4. The second kappa shape index (κ2) is 5.40. The summed E-state index contributed by atoms with van der Waals surface area (Å²) in [4.78, 5) is 6.34. The lowest BCUT2D eigenvalue weighted by Crippen LogP contribution is -2.18. The molecule has 2 aromatic heterocycles. The Morgan fingerprint density at radius 2 is 1.86 bits per heavy atom. The molecule has 3 rings (SSSR count). The summed E-state index contributed by atoms with van der Waals surface area (Å²) in [6.45, 7) is 2.62. The minimum absolute atomic E-state index is 0.720. The first-order valence-electron chi connectivity index (χ1n) is 6.70. The Morgan fingerprint density at radius 3 is 2.57 bits per heavy atom. The van der Waals surface area contributed by atoms with E-state index in [4.69, 9.17) is 4.74 Å². The fraction of sp³-hybridized carbons (Fsp3) is 0.267. The molecule has 0 amide bonds. The van der Waals surface area contributed by atoms with Crippen molar-refractivity contribution in [2.45, 2.75) is 13.5 Å². The van der Waals surface area contributed by atoms with Crippen LogP contribution in [-0.4, -0.2) is 34.0 Å². The van der Waals surface area contributed by atoms with Gasteiger partial charge in [-0.3, -0.25) is 0 Å². The summed E-state index contributed by atoms with van der Waals surface area (Å²) in [5.41, 5.74) is 1.95. The van der Waals surface area contributed by atoms with Crippen LogP contribution in [0.15, 0.2) is 36.4 Å². The second-order valence-corrected chi connectivity index (χ2v) is 4.90. The van der Waals surface area contributed by atoms with Gasteiger partial charge in [0.05, 0.1) is 7.11 Å². The van der Waals surface area contributed by atoms with Crippen molar-refractivity contribution < 1.29 is 4.74 Å². The van der Waals surface area contributed by atoms with Crippen molar-refractivity contribution in [1.82, 2.24) is 19.8 Å². The molecule has 21 heavy (non-hydrogen) atoms. The quantitative estimate of drug-likeness (QED) is 0.733. The summed E-state index contributed by atoms with van der Waals surface area (Å²) >= 11 is 0. The molecule has 0 saturated heterocycles. The molecular weight excluding hydrogens is 266 g/mol. The molecule has 1 aromatic carbocycles. The number of methoxy groups -OCH3 is 1. The van der Waals surface area contributed by atoms with Crippen LogP contribution in [0.1, 0.15) is 11.4 Å². The number of nitrogens with zero attached hydrogens (tertiary/aromatic N) is 5. The molecule has 3 aromatic rings. The van der Waals surface area contributed by atoms with Crippen LogP contribution in [0.4, 0.5) is 5.82 Å². The van der Waals surface area contributed by atoms with Gasteiger partial charge in [-0.2, -0.15) is 0 Å². The van der Waals surface area contributed by atoms with Crippen LogP contribution >= 0.6 is 0 Å². The normalized spacial score (nSPS) is 10.8. The third kappa shape index (κ3) is 2.79. The zero-order chi connectivity index (χ0) is 14.8. The van der Waals surface area contributed by atoms with E-state index < -0.39 is 0 Å². The van der Waals surface area contributed by atoms with E-state index in [-0.39, 0.29) is 0 Å². The van der Waals surface area contributed by atoms with E-state index in [0.717, 1.165) is 29.6 Å². The molecule has 0 atom stereocenters. The molecule has 0 fully saturated rings. The minimum Gasteiger partial charge on any atom is -0.497 e. The Morgan fingerprint density at radius 1 is 1.10 bits per heavy atom. The molecule has 0 radical (unpaired) electrons. The van der Waals surface area contributed by atoms with Gasteiger partial charge in [-0.1, -0.05) is 12.1 Å². The number of benzene rings is 1. The Kier molecular flexibility index (Phi) is 3.43. The Hall–Kier alpha value is -2.63. The highest BCUT2D eigenvalue weighted by Gasteiger charge is 2.07. The molecule has 0 unspecified atom stereocenters. The van der Waals surface area contributed by atoms with E-state index in [1.165, 1.54) is 5.56 Å². The average molecular weight is 283 g/mol. The van der Waals surface area contributed by atoms with E-state index in [2.05, 4.69) is 20.1 Å². The standard InChI is InChI=1S/C15H17N5O/c1-11-16-14-8-9-15(18-20(14)17-11)19(2)10-12-4-6-13(21-3)7-5-12/h4-9H,10H2,1-3H3. The number of aryl methyl sites for hydroxylation is 1. The van der Waals surface area contributed by atoms with Crippen molar-refractivity contribution in [2.24, 2.45) is 0 Å². The maximum Gasteiger partial charge on any atom is 0.176 e. The predicted molar refractivity (Wildman–Crippen MR) is 80.6 cm³/mol. The first kappa shape index (κ1) is 13.4. The molecule has 0 aliphatic carbocycles. The molecule has 0 aliphatic rings. The molecule has 0 aliphatic heterocycles. The fourth-order valence-electron chi connectivity index (χ4n) is 2.17. The summed E-state index contributed by atoms with van der Waals surface area (Å²) in [6.07, 6.45) is 0. The molecule has 6 nitrogen and oxygen atoms in total. The average Bonchev–Trinajstić information content (AvgIpc) is 2.87. The summed E-state index contributed by atoms with van der Waals surface area (Å²) < 4.78 is 6.73. The number of anilines is 1. The first-order chi connectivity index (χ1) is 10.2. The molecule has 108 valence electrons. The van der Waals surface area contributed by atoms with Crippen molar-refractivity contribution in [3.05, 3.63) is 47.8 Å². The lowest BCUT2D eigenvalue weighted by Gasteiger charge is -2.17. The van der Waals surface area contributed by atoms with Gasteiger partial charge in [0, 0.05) is 13.6 Å². The van der Waals surface area contributed by atoms with E-state index in [1.54, 1.807) is 11.7 Å². The number of hydrogen-bond donors (Lipinski definition) is 0. The second-order valence-electron chi connectivity index (χ2n) is 4.90. The zero-order valence-electron chi connectivity index (χ0n) is 12.3. The lowest BCUT2D eigenvalue weighted by molar-refractivity contribution is 0.414. The molecule has 6 heteroatoms. The minimum atomic E-state index is 0.720. The molecule has 0 spiro atoms. The SMILES string of the molecule is COc1ccc(CN(C)c2ccc3nc(C)nn3n2)cc1. The van der Waals surface area contributed by atoms with E-state index >= 15 is 0 Å². The van der Waals surface area contributed by atoms with E-state index in [0.29, 0.717) is 0 Å². The maximum absolute atomic E-state index is 5.16. The molecule has 0 bridgehead atoms. The molecular formula is C15H17N5O. The highest BCUT2D eigenvalue weighted by atomic mass is 16.5. The van der Waals surface area contributed by atoms with Crippen LogP contribution in [-0.2, 0) is 6.54 Å². The Bertz CT molecular complexity index is 750. The van der Waals surface area contributed by atoms with Crippen molar-refractivity contribution in [1.29, 1.82) is 0 Å². The monoisotopic (exact) mass is 283 g/mol. The zero-order valence-corrected chi connectivity index (χ0v) is 12.3. The molecule has 0 saturated carbocycles. The van der Waals surface area contributed by atoms with Crippen LogP contribution in [0.3, 0.4) is 0 Å². The lowest BCUT2D eigenvalue weighted by atomic mass is 10.2. The summed E-state index contributed by atoms with van der Waals surface area (Å²) in [6, 6.07) is 11.9. The highest BCUT2D eigenvalue weighted by molar-refractivity contribution is 5.45. The van der Waals surface area contributed by atoms with Gasteiger partial charge in [0.2, 0.25) is 0 Å². The maximum atomic E-state index is 5.16. The molecule has 2 heterocycles. The van der Waals surface area contributed by atoms with E-state index in [9.17, 15) is 0 Å². The molecule has 0 N–H and O–H groups in total. The van der Waals surface area contributed by atoms with Gasteiger partial charge in [-0.15, -0.1) is 14.8 Å². The first-order valence-corrected chi connectivity index (χ1v) is 6.70. The fourth-order valence-corrected chi connectivity index (χ4v) is 2.17. The smallest absolute Gasteiger partial charge is 0.176 e. The van der Waals surface area contributed by atoms with Crippen LogP contribution < -0.4 is 9.64 Å². The van der Waals surface area contributed by atoms with Crippen LogP contribution in [0, 0.1) is 6.92 Å². The Labute approximate surface area is 123 Å². The van der Waals surface area contributed by atoms with Crippen LogP contribution in [0.5, 0.6) is 5.75 Å². The third-order valence-corrected chi connectivity index (χ3v) is 3.27. The van der Waals surface area contributed by atoms with Gasteiger partial charge in [0.25, 0.3) is 0 Å². The summed E-state index contributed by atoms with van der Waals surface area (Å²) in [7, 11) is 3.67. The van der Waals surface area contributed by atoms with Gasteiger partial charge in [-0.25, -0.2) is 4.98 Å². The highest BCUT2D eigenvalue weighted by Crippen LogP contribution is 2.16. The van der Waals surface area contributed by atoms with Crippen molar-refractivity contribution >= 4 is 11.5 Å². The van der Waals surface area contributed by atoms with Crippen LogP contribution in [0.2, 0.25) is 0 Å². The Balaban J connectivity index is 1.80. The van der Waals surface area contributed by atoms with Crippen molar-refractivity contribution in [3.63, 3.8) is 0 Å². The van der Waals surface area contributed by atoms with Gasteiger partial charge < -0.3 is 9.64 Å². The number of rotatable bonds is 4. The topological polar surface area (TPSA) is 55.5 Å². The number of fused-ring (bicyclic) bond motifs is 1. The largest absolute Gasteiger partial charge is 0.497 e. The van der Waals surface area contributed by atoms with Crippen molar-refractivity contribution in [3.8, 4) is 5.75 Å². The number of hydrogen-bond acceptors (Lipinski definition) is 5. The van der Waals surface area contributed by atoms with Gasteiger partial charge in [0.1, 0.15) is 11.6 Å². The van der Waals surface area contributed by atoms with Crippen LogP contribution in [0.25, 0.3) is 5.65 Å². The summed E-state index contributed by atoms with van der Waals surface area (Å²) in [5.74, 6) is 2.43. The number of ether oxygens (including phenoxy) is 1. The van der Waals surface area contributed by atoms with Crippen molar-refractivity contribution in [2.75, 3.05) is 19.1 Å². The third-order valence-electron chi connectivity index (χ3n) is 3.27.